The van der Waals surface area contributed by atoms with Crippen LogP contribution in [0.2, 0.25) is 5.02 Å². The van der Waals surface area contributed by atoms with Crippen LogP contribution in [0.3, 0.4) is 0 Å². The van der Waals surface area contributed by atoms with Crippen LogP contribution in [0.4, 0.5) is 5.69 Å². The van der Waals surface area contributed by atoms with Crippen molar-refractivity contribution >= 4 is 33.2 Å². The van der Waals surface area contributed by atoms with Gasteiger partial charge in [-0.3, -0.25) is 4.79 Å². The zero-order chi connectivity index (χ0) is 27.2. The first kappa shape index (κ1) is 26.9. The maximum Gasteiger partial charge on any atom is 0.264 e. The number of benzene rings is 2. The van der Waals surface area contributed by atoms with E-state index in [0.717, 1.165) is 68.1 Å². The number of aliphatic hydroxyl groups excluding tert-OH is 1. The molecule has 2 aromatic rings. The van der Waals surface area contributed by atoms with Gasteiger partial charge in [0.15, 0.2) is 0 Å². The average molecular weight is 573 g/mol. The second-order valence-corrected chi connectivity index (χ2v) is 14.3. The Labute approximate surface area is 235 Å². The largest absolute Gasteiger partial charge is 0.490 e. The van der Waals surface area contributed by atoms with Crippen molar-refractivity contribution in [2.45, 2.75) is 69.3 Å². The minimum atomic E-state index is -3.81. The lowest BCUT2D eigenvalue weighted by Crippen LogP contribution is -2.48. The zero-order valence-corrected chi connectivity index (χ0v) is 23.8. The Balaban J connectivity index is 1.39. The van der Waals surface area contributed by atoms with E-state index in [1.54, 1.807) is 12.1 Å². The van der Waals surface area contributed by atoms with Gasteiger partial charge in [-0.2, -0.15) is 0 Å². The second kappa shape index (κ2) is 10.6. The summed E-state index contributed by atoms with van der Waals surface area (Å²) in [5.41, 5.74) is 3.50. The fourth-order valence-electron chi connectivity index (χ4n) is 7.11. The Morgan fingerprint density at radius 1 is 1.03 bits per heavy atom. The highest BCUT2D eigenvalue weighted by molar-refractivity contribution is 7.90. The number of hydrogen-bond donors (Lipinski definition) is 2. The van der Waals surface area contributed by atoms with Crippen LogP contribution in [0.15, 0.2) is 36.4 Å². The molecular formula is C30H37ClN2O5S. The molecule has 6 rings (SSSR count). The number of sulfonamides is 1. The highest BCUT2D eigenvalue weighted by atomic mass is 35.5. The Morgan fingerprint density at radius 2 is 1.85 bits per heavy atom. The van der Waals surface area contributed by atoms with Crippen LogP contribution in [-0.2, 0) is 21.9 Å². The smallest absolute Gasteiger partial charge is 0.264 e. The molecule has 0 saturated heterocycles. The predicted octanol–water partition coefficient (Wildman–Crippen LogP) is 4.83. The Morgan fingerprint density at radius 3 is 2.67 bits per heavy atom. The van der Waals surface area contributed by atoms with E-state index in [2.05, 4.69) is 21.8 Å². The maximum atomic E-state index is 13.1. The quantitative estimate of drug-likeness (QED) is 0.469. The number of fused-ring (bicyclic) bond motifs is 4. The molecule has 7 nitrogen and oxygen atoms in total. The molecule has 39 heavy (non-hydrogen) atoms. The molecule has 0 aromatic heterocycles. The predicted molar refractivity (Wildman–Crippen MR) is 152 cm³/mol. The zero-order valence-electron chi connectivity index (χ0n) is 22.2. The molecular weight excluding hydrogens is 536 g/mol. The van der Waals surface area contributed by atoms with Gasteiger partial charge in [0.05, 0.1) is 24.2 Å². The molecule has 1 amide bonds. The Hall–Kier alpha value is -2.29. The van der Waals surface area contributed by atoms with E-state index in [9.17, 15) is 18.3 Å². The lowest BCUT2D eigenvalue weighted by atomic mass is 9.68. The van der Waals surface area contributed by atoms with Gasteiger partial charge in [-0.15, -0.1) is 0 Å². The van der Waals surface area contributed by atoms with E-state index >= 15 is 0 Å². The summed E-state index contributed by atoms with van der Waals surface area (Å²) in [6, 6.07) is 11.5. The molecule has 1 spiro atoms. The third kappa shape index (κ3) is 5.52. The summed E-state index contributed by atoms with van der Waals surface area (Å²) in [4.78, 5) is 15.5. The van der Waals surface area contributed by atoms with E-state index < -0.39 is 22.0 Å². The molecule has 1 fully saturated rings. The minimum absolute atomic E-state index is 0.187. The summed E-state index contributed by atoms with van der Waals surface area (Å²) in [6.07, 6.45) is 7.17. The number of nitrogens with one attached hydrogen (secondary N) is 1. The number of anilines is 1. The third-order valence-corrected chi connectivity index (χ3v) is 11.0. The summed E-state index contributed by atoms with van der Waals surface area (Å²) < 4.78 is 34.0. The van der Waals surface area contributed by atoms with Crippen LogP contribution < -0.4 is 14.4 Å². The molecule has 0 radical (unpaired) electrons. The van der Waals surface area contributed by atoms with Crippen molar-refractivity contribution in [2.75, 3.05) is 30.3 Å². The Kier molecular flexibility index (Phi) is 7.31. The summed E-state index contributed by atoms with van der Waals surface area (Å²) in [5.74, 6) is 0.930. The van der Waals surface area contributed by atoms with Gasteiger partial charge in [-0.25, -0.2) is 13.1 Å². The van der Waals surface area contributed by atoms with Crippen molar-refractivity contribution in [3.05, 3.63) is 58.1 Å². The van der Waals surface area contributed by atoms with Crippen molar-refractivity contribution in [1.29, 1.82) is 0 Å². The number of hydrogen-bond acceptors (Lipinski definition) is 6. The first-order valence-electron chi connectivity index (χ1n) is 14.2. The van der Waals surface area contributed by atoms with Crippen LogP contribution in [0, 0.1) is 11.8 Å². The summed E-state index contributed by atoms with van der Waals surface area (Å²) in [6.45, 7) is 2.13. The molecule has 4 atom stereocenters. The van der Waals surface area contributed by atoms with Gasteiger partial charge in [0.2, 0.25) is 10.0 Å². The number of aliphatic hydroxyl groups is 1. The fraction of sp³-hybridized carbons (Fsp3) is 0.567. The summed E-state index contributed by atoms with van der Waals surface area (Å²) >= 11 is 6.37. The number of carbonyl (C=O) groups is 1. The van der Waals surface area contributed by atoms with Crippen molar-refractivity contribution in [3.8, 4) is 5.75 Å². The summed E-state index contributed by atoms with van der Waals surface area (Å²) in [7, 11) is -3.81. The van der Waals surface area contributed by atoms with Crippen LogP contribution in [-0.4, -0.2) is 51.0 Å². The van der Waals surface area contributed by atoms with Crippen LogP contribution in [0.25, 0.3) is 0 Å². The highest BCUT2D eigenvalue weighted by Gasteiger charge is 2.43. The molecule has 2 bridgehead atoms. The van der Waals surface area contributed by atoms with Gasteiger partial charge in [0.1, 0.15) is 5.75 Å². The molecule has 2 aromatic carbocycles. The SMILES string of the molecule is O=C1NS(=O)(=O)CCC[C@@H](O)CC[C@@H]2CC[C@H]2CN2C[C@@]3(CCCc4cc(Cl)ccc43)COc3ccc1cc32. The Bertz CT molecular complexity index is 1370. The third-order valence-electron chi connectivity index (χ3n) is 9.40. The number of ether oxygens (including phenoxy) is 1. The molecule has 2 heterocycles. The van der Waals surface area contributed by atoms with Crippen LogP contribution in [0.1, 0.15) is 72.9 Å². The van der Waals surface area contributed by atoms with Gasteiger partial charge in [-0.1, -0.05) is 17.7 Å². The second-order valence-electron chi connectivity index (χ2n) is 12.0. The van der Waals surface area contributed by atoms with Gasteiger partial charge in [0.25, 0.3) is 5.91 Å². The normalized spacial score (nSPS) is 30.7. The van der Waals surface area contributed by atoms with Gasteiger partial charge in [0, 0.05) is 29.1 Å². The number of halogens is 1. The number of carbonyl (C=O) groups excluding carboxylic acids is 1. The van der Waals surface area contributed by atoms with Crippen molar-refractivity contribution in [3.63, 3.8) is 0 Å². The maximum absolute atomic E-state index is 13.1. The first-order chi connectivity index (χ1) is 18.7. The van der Waals surface area contributed by atoms with Crippen molar-refractivity contribution < 1.29 is 23.1 Å². The molecule has 0 unspecified atom stereocenters. The van der Waals surface area contributed by atoms with Crippen molar-refractivity contribution in [1.82, 2.24) is 4.72 Å². The molecule has 210 valence electrons. The van der Waals surface area contributed by atoms with Crippen LogP contribution >= 0.6 is 11.6 Å². The monoisotopic (exact) mass is 572 g/mol. The molecule has 4 aliphatic rings. The minimum Gasteiger partial charge on any atom is -0.490 e. The van der Waals surface area contributed by atoms with E-state index in [0.29, 0.717) is 43.3 Å². The van der Waals surface area contributed by atoms with Gasteiger partial charge in [-0.05, 0) is 111 Å². The molecule has 2 aliphatic carbocycles. The lowest BCUT2D eigenvalue weighted by Gasteiger charge is -2.45. The molecule has 1 saturated carbocycles. The first-order valence-corrected chi connectivity index (χ1v) is 16.3. The van der Waals surface area contributed by atoms with E-state index in [4.69, 9.17) is 16.3 Å². The number of nitrogens with zero attached hydrogens (tertiary/aromatic N) is 1. The number of amides is 1. The molecule has 2 N–H and O–H groups in total. The topological polar surface area (TPSA) is 95.9 Å². The van der Waals surface area contributed by atoms with Crippen LogP contribution in [0.5, 0.6) is 5.75 Å². The van der Waals surface area contributed by atoms with E-state index in [1.165, 1.54) is 11.1 Å². The van der Waals surface area contributed by atoms with Gasteiger partial charge < -0.3 is 14.7 Å². The van der Waals surface area contributed by atoms with E-state index in [1.807, 2.05) is 12.1 Å². The fourth-order valence-corrected chi connectivity index (χ4v) is 8.35. The van der Waals surface area contributed by atoms with E-state index in [-0.39, 0.29) is 11.2 Å². The average Bonchev–Trinajstić information content (AvgIpc) is 3.03. The number of aryl methyl sites for hydroxylation is 1. The molecule has 2 aliphatic heterocycles. The van der Waals surface area contributed by atoms with Gasteiger partial charge >= 0.3 is 0 Å². The van der Waals surface area contributed by atoms with Crippen molar-refractivity contribution in [2.24, 2.45) is 11.8 Å². The summed E-state index contributed by atoms with van der Waals surface area (Å²) in [5, 5.41) is 11.3. The lowest BCUT2D eigenvalue weighted by molar-refractivity contribution is 0.0981. The highest BCUT2D eigenvalue weighted by Crippen LogP contribution is 2.46. The standard InChI is InChI=1S/C30H37ClN2O5S/c31-24-9-11-26-21(15-24)3-1-13-30(26)18-33-17-23-6-5-20(23)7-10-25(34)4-2-14-39(36,37)32-29(35)22-8-12-28(38-19-30)27(33)16-22/h8-9,11-12,15-16,20,23,25,34H,1-7,10,13-14,17-19H2,(H,32,35)/t20-,23-,25+,30-/m0/s1. The molecule has 9 heteroatoms. The number of rotatable bonds is 0.